The Labute approximate surface area is 206 Å². The predicted molar refractivity (Wildman–Crippen MR) is 133 cm³/mol. The second-order valence-electron chi connectivity index (χ2n) is 10.0. The summed E-state index contributed by atoms with van der Waals surface area (Å²) in [7, 11) is 0. The molecule has 2 amide bonds. The van der Waals surface area contributed by atoms with Crippen molar-refractivity contribution in [3.8, 4) is 11.1 Å². The Balaban J connectivity index is 1.35. The van der Waals surface area contributed by atoms with Gasteiger partial charge in [0.05, 0.1) is 5.92 Å². The van der Waals surface area contributed by atoms with Gasteiger partial charge in [0.2, 0.25) is 5.91 Å². The van der Waals surface area contributed by atoms with Crippen LogP contribution in [0, 0.1) is 17.8 Å². The largest absolute Gasteiger partial charge is 0.480 e. The normalized spacial score (nSPS) is 16.5. The standard InChI is InChI=1S/C28H34N2O5/c1-17(2)14-25(27(32)33)30-26(31)23(18-8-7-9-18)15-29-28(34)35-16-24-21-12-5-3-10-19(21)20-11-4-6-13-22(20)24/h3-6,10-13,17-18,23-25H,7-9,14-16H2,1-2H3,(H,29,34)(H,30,31)(H,32,33)/t23?,25-/m0/s1. The number of alkyl carbamates (subject to hydrolysis) is 1. The number of amides is 2. The number of rotatable bonds is 10. The minimum atomic E-state index is -1.04. The zero-order valence-electron chi connectivity index (χ0n) is 20.3. The van der Waals surface area contributed by atoms with Crippen LogP contribution in [0.15, 0.2) is 48.5 Å². The summed E-state index contributed by atoms with van der Waals surface area (Å²) in [6.45, 7) is 4.17. The van der Waals surface area contributed by atoms with Crippen molar-refractivity contribution in [2.24, 2.45) is 17.8 Å². The number of hydrogen-bond acceptors (Lipinski definition) is 4. The van der Waals surface area contributed by atoms with Crippen LogP contribution in [0.3, 0.4) is 0 Å². The summed E-state index contributed by atoms with van der Waals surface area (Å²) in [5.41, 5.74) is 4.59. The maximum Gasteiger partial charge on any atom is 0.407 e. The van der Waals surface area contributed by atoms with Crippen LogP contribution >= 0.6 is 0 Å². The monoisotopic (exact) mass is 478 g/mol. The number of ether oxygens (including phenoxy) is 1. The van der Waals surface area contributed by atoms with Crippen molar-refractivity contribution in [2.75, 3.05) is 13.2 Å². The van der Waals surface area contributed by atoms with Gasteiger partial charge in [0.25, 0.3) is 0 Å². The summed E-state index contributed by atoms with van der Waals surface area (Å²) in [5, 5.41) is 14.9. The van der Waals surface area contributed by atoms with Gasteiger partial charge in [0.1, 0.15) is 12.6 Å². The topological polar surface area (TPSA) is 105 Å². The molecule has 35 heavy (non-hydrogen) atoms. The molecule has 1 saturated carbocycles. The highest BCUT2D eigenvalue weighted by Gasteiger charge is 2.35. The SMILES string of the molecule is CC(C)C[C@H](NC(=O)C(CNC(=O)OCC1c2ccccc2-c2ccccc21)C1CCC1)C(=O)O. The number of nitrogens with one attached hydrogen (secondary N) is 2. The molecule has 0 radical (unpaired) electrons. The summed E-state index contributed by atoms with van der Waals surface area (Å²) in [6.07, 6.45) is 2.62. The van der Waals surface area contributed by atoms with E-state index in [0.29, 0.717) is 6.42 Å². The molecule has 1 fully saturated rings. The summed E-state index contributed by atoms with van der Waals surface area (Å²) in [4.78, 5) is 37.2. The Hall–Kier alpha value is -3.35. The third-order valence-electron chi connectivity index (χ3n) is 7.19. The Morgan fingerprint density at radius 3 is 2.11 bits per heavy atom. The maximum absolute atomic E-state index is 13.0. The molecule has 186 valence electrons. The summed E-state index contributed by atoms with van der Waals surface area (Å²) in [6, 6.07) is 15.4. The summed E-state index contributed by atoms with van der Waals surface area (Å²) in [5.74, 6) is -1.59. The van der Waals surface area contributed by atoms with E-state index in [4.69, 9.17) is 4.74 Å². The molecule has 2 atom stereocenters. The molecule has 2 aliphatic carbocycles. The van der Waals surface area contributed by atoms with E-state index in [0.717, 1.165) is 41.5 Å². The molecule has 0 aromatic heterocycles. The number of carbonyl (C=O) groups excluding carboxylic acids is 2. The van der Waals surface area contributed by atoms with Crippen LogP contribution in [-0.2, 0) is 14.3 Å². The van der Waals surface area contributed by atoms with Crippen molar-refractivity contribution in [1.29, 1.82) is 0 Å². The van der Waals surface area contributed by atoms with Gasteiger partial charge in [0, 0.05) is 12.5 Å². The number of benzene rings is 2. The second-order valence-corrected chi connectivity index (χ2v) is 10.0. The quantitative estimate of drug-likeness (QED) is 0.464. The molecule has 0 saturated heterocycles. The Kier molecular flexibility index (Phi) is 7.73. The maximum atomic E-state index is 13.0. The summed E-state index contributed by atoms with van der Waals surface area (Å²) >= 11 is 0. The van der Waals surface area contributed by atoms with Crippen LogP contribution in [-0.4, -0.2) is 42.3 Å². The lowest BCUT2D eigenvalue weighted by Gasteiger charge is -2.33. The second kappa shape index (κ2) is 10.9. The molecule has 2 aliphatic rings. The van der Waals surface area contributed by atoms with Crippen LogP contribution in [0.2, 0.25) is 0 Å². The van der Waals surface area contributed by atoms with Crippen LogP contribution in [0.1, 0.15) is 56.6 Å². The number of aliphatic carboxylic acids is 1. The van der Waals surface area contributed by atoms with Crippen LogP contribution < -0.4 is 10.6 Å². The molecule has 2 aromatic rings. The lowest BCUT2D eigenvalue weighted by Crippen LogP contribution is -2.49. The zero-order valence-corrected chi connectivity index (χ0v) is 20.3. The molecular formula is C28H34N2O5. The fourth-order valence-electron chi connectivity index (χ4n) is 5.13. The van der Waals surface area contributed by atoms with E-state index in [2.05, 4.69) is 34.9 Å². The van der Waals surface area contributed by atoms with E-state index in [9.17, 15) is 19.5 Å². The third-order valence-corrected chi connectivity index (χ3v) is 7.19. The van der Waals surface area contributed by atoms with E-state index in [-0.39, 0.29) is 36.8 Å². The van der Waals surface area contributed by atoms with E-state index < -0.39 is 24.0 Å². The zero-order chi connectivity index (χ0) is 24.9. The Morgan fingerprint density at radius 2 is 1.60 bits per heavy atom. The van der Waals surface area contributed by atoms with Crippen molar-refractivity contribution >= 4 is 18.0 Å². The molecule has 0 spiro atoms. The highest BCUT2D eigenvalue weighted by Crippen LogP contribution is 2.44. The number of fused-ring (bicyclic) bond motifs is 3. The molecule has 7 heteroatoms. The smallest absolute Gasteiger partial charge is 0.407 e. The van der Waals surface area contributed by atoms with E-state index in [1.54, 1.807) is 0 Å². The van der Waals surface area contributed by atoms with Crippen molar-refractivity contribution in [1.82, 2.24) is 10.6 Å². The Morgan fingerprint density at radius 1 is 1.00 bits per heavy atom. The highest BCUT2D eigenvalue weighted by atomic mass is 16.5. The van der Waals surface area contributed by atoms with E-state index in [1.807, 2.05) is 38.1 Å². The highest BCUT2D eigenvalue weighted by molar-refractivity contribution is 5.85. The first-order valence-electron chi connectivity index (χ1n) is 12.5. The van der Waals surface area contributed by atoms with Gasteiger partial charge >= 0.3 is 12.1 Å². The number of carbonyl (C=O) groups is 3. The van der Waals surface area contributed by atoms with Crippen LogP contribution in [0.4, 0.5) is 4.79 Å². The van der Waals surface area contributed by atoms with Gasteiger partial charge in [-0.2, -0.15) is 0 Å². The first-order chi connectivity index (χ1) is 16.8. The van der Waals surface area contributed by atoms with Crippen LogP contribution in [0.25, 0.3) is 11.1 Å². The Bertz CT molecular complexity index is 1030. The molecule has 4 rings (SSSR count). The van der Waals surface area contributed by atoms with Gasteiger partial charge in [0.15, 0.2) is 0 Å². The third kappa shape index (κ3) is 5.66. The van der Waals surface area contributed by atoms with Crippen LogP contribution in [0.5, 0.6) is 0 Å². The van der Waals surface area contributed by atoms with Gasteiger partial charge in [-0.3, -0.25) is 4.79 Å². The van der Waals surface area contributed by atoms with Crippen molar-refractivity contribution < 1.29 is 24.2 Å². The molecule has 7 nitrogen and oxygen atoms in total. The molecule has 0 bridgehead atoms. The predicted octanol–water partition coefficient (Wildman–Crippen LogP) is 4.56. The van der Waals surface area contributed by atoms with E-state index in [1.165, 1.54) is 0 Å². The number of carboxylic acid groups (broad SMARTS) is 1. The molecule has 0 aliphatic heterocycles. The van der Waals surface area contributed by atoms with Gasteiger partial charge in [-0.25, -0.2) is 9.59 Å². The molecule has 3 N–H and O–H groups in total. The first-order valence-corrected chi connectivity index (χ1v) is 12.5. The number of hydrogen-bond donors (Lipinski definition) is 3. The first kappa shape index (κ1) is 24.8. The number of carboxylic acids is 1. The lowest BCUT2D eigenvalue weighted by atomic mass is 9.75. The average Bonchev–Trinajstić information content (AvgIpc) is 3.12. The van der Waals surface area contributed by atoms with Gasteiger partial charge in [-0.05, 0) is 53.4 Å². The van der Waals surface area contributed by atoms with Crippen molar-refractivity contribution in [2.45, 2.75) is 51.5 Å². The van der Waals surface area contributed by atoms with Crippen molar-refractivity contribution in [3.63, 3.8) is 0 Å². The van der Waals surface area contributed by atoms with Gasteiger partial charge in [-0.15, -0.1) is 0 Å². The average molecular weight is 479 g/mol. The van der Waals surface area contributed by atoms with E-state index >= 15 is 0 Å². The molecule has 2 aromatic carbocycles. The minimum Gasteiger partial charge on any atom is -0.480 e. The van der Waals surface area contributed by atoms with Gasteiger partial charge < -0.3 is 20.5 Å². The molecule has 0 heterocycles. The molecule has 1 unspecified atom stereocenters. The van der Waals surface area contributed by atoms with Gasteiger partial charge in [-0.1, -0.05) is 68.8 Å². The fourth-order valence-corrected chi connectivity index (χ4v) is 5.13. The molecular weight excluding hydrogens is 444 g/mol. The minimum absolute atomic E-state index is 0.0359. The fraction of sp³-hybridized carbons (Fsp3) is 0.464. The summed E-state index contributed by atoms with van der Waals surface area (Å²) < 4.78 is 5.60. The lowest BCUT2D eigenvalue weighted by molar-refractivity contribution is -0.143. The van der Waals surface area contributed by atoms with Crippen molar-refractivity contribution in [3.05, 3.63) is 59.7 Å².